The summed E-state index contributed by atoms with van der Waals surface area (Å²) in [5.41, 5.74) is 4.31. The van der Waals surface area contributed by atoms with Gasteiger partial charge in [0.25, 0.3) is 6.47 Å². The number of ketones is 1. The first-order valence-corrected chi connectivity index (χ1v) is 10.7. The van der Waals surface area contributed by atoms with Crippen molar-refractivity contribution in [2.45, 2.75) is 44.9 Å². The van der Waals surface area contributed by atoms with Crippen molar-refractivity contribution in [1.29, 1.82) is 0 Å². The molecule has 3 saturated heterocycles. The molecule has 1 atom stereocenters. The number of H-pyrrole nitrogens is 1. The number of aromatic nitrogens is 2. The number of fused-ring (bicyclic) bond motifs is 4. The molecule has 154 valence electrons. The number of aromatic amines is 1. The van der Waals surface area contributed by atoms with Crippen LogP contribution in [0.4, 0.5) is 0 Å². The van der Waals surface area contributed by atoms with Gasteiger partial charge in [0.2, 0.25) is 0 Å². The molecule has 6 heteroatoms. The van der Waals surface area contributed by atoms with Crippen LogP contribution >= 0.6 is 0 Å². The van der Waals surface area contributed by atoms with Crippen LogP contribution in [-0.4, -0.2) is 52.1 Å². The molecule has 4 heterocycles. The molecule has 2 aromatic rings. The quantitative estimate of drug-likeness (QED) is 0.600. The van der Waals surface area contributed by atoms with E-state index in [9.17, 15) is 4.79 Å². The standard InChI is InChI=1S/C22H27N3O.CH2O2/c26-21(13-18-14-25-10-8-16(18)9-11-25)22-19-12-17(6-7-20(19)23-24-22)15-4-2-1-3-5-15;2-1-3/h4,6-7,12,16,18H,1-3,5,8-11,13-14H2,(H,23,24);1H,(H,2,3)/t18-;/m0./s1. The van der Waals surface area contributed by atoms with E-state index in [1.165, 1.54) is 56.3 Å². The summed E-state index contributed by atoms with van der Waals surface area (Å²) in [4.78, 5) is 23.9. The van der Waals surface area contributed by atoms with E-state index in [-0.39, 0.29) is 12.3 Å². The number of allylic oxidation sites excluding steroid dienone is 2. The molecule has 0 spiro atoms. The summed E-state index contributed by atoms with van der Waals surface area (Å²) in [7, 11) is 0. The molecule has 2 N–H and O–H groups in total. The van der Waals surface area contributed by atoms with Crippen LogP contribution in [0.25, 0.3) is 16.5 Å². The van der Waals surface area contributed by atoms with Crippen molar-refractivity contribution in [1.82, 2.24) is 15.1 Å². The number of nitrogens with one attached hydrogen (secondary N) is 1. The second-order valence-corrected chi connectivity index (χ2v) is 8.44. The Morgan fingerprint density at radius 1 is 1.28 bits per heavy atom. The highest BCUT2D eigenvalue weighted by atomic mass is 16.3. The molecule has 1 aliphatic carbocycles. The molecule has 29 heavy (non-hydrogen) atoms. The van der Waals surface area contributed by atoms with Gasteiger partial charge in [-0.15, -0.1) is 0 Å². The van der Waals surface area contributed by atoms with Crippen LogP contribution in [0.2, 0.25) is 0 Å². The molecule has 1 aromatic heterocycles. The molecule has 0 amide bonds. The number of nitrogens with zero attached hydrogens (tertiary/aromatic N) is 2. The Morgan fingerprint density at radius 2 is 2.07 bits per heavy atom. The third-order valence-electron chi connectivity index (χ3n) is 6.73. The van der Waals surface area contributed by atoms with Crippen LogP contribution in [0.1, 0.15) is 61.0 Å². The van der Waals surface area contributed by atoms with E-state index in [0.29, 0.717) is 18.0 Å². The van der Waals surface area contributed by atoms with Crippen LogP contribution in [0.5, 0.6) is 0 Å². The first-order chi connectivity index (χ1) is 14.2. The van der Waals surface area contributed by atoms with E-state index in [1.54, 1.807) is 0 Å². The molecule has 6 rings (SSSR count). The molecule has 1 aromatic carbocycles. The Hall–Kier alpha value is -2.47. The van der Waals surface area contributed by atoms with E-state index in [0.717, 1.165) is 29.8 Å². The van der Waals surface area contributed by atoms with E-state index in [1.807, 2.05) is 0 Å². The number of benzene rings is 1. The summed E-state index contributed by atoms with van der Waals surface area (Å²) < 4.78 is 0. The Kier molecular flexibility index (Phi) is 6.09. The Morgan fingerprint density at radius 3 is 2.72 bits per heavy atom. The van der Waals surface area contributed by atoms with Gasteiger partial charge in [-0.25, -0.2) is 0 Å². The topological polar surface area (TPSA) is 86.3 Å². The summed E-state index contributed by atoms with van der Waals surface area (Å²) in [6.45, 7) is 3.29. The number of rotatable bonds is 4. The third-order valence-corrected chi connectivity index (χ3v) is 6.73. The molecular formula is C23H29N3O3. The fraction of sp³-hybridized carbons (Fsp3) is 0.522. The normalized spacial score (nSPS) is 25.8. The van der Waals surface area contributed by atoms with E-state index >= 15 is 0 Å². The minimum atomic E-state index is -0.250. The lowest BCUT2D eigenvalue weighted by molar-refractivity contribution is -0.122. The molecule has 6 nitrogen and oxygen atoms in total. The molecule has 2 bridgehead atoms. The van der Waals surface area contributed by atoms with Gasteiger partial charge >= 0.3 is 0 Å². The summed E-state index contributed by atoms with van der Waals surface area (Å²) in [5, 5.41) is 15.4. The minimum absolute atomic E-state index is 0.213. The van der Waals surface area contributed by atoms with Crippen LogP contribution in [0.3, 0.4) is 0 Å². The molecule has 3 aliphatic heterocycles. The van der Waals surface area contributed by atoms with Crippen molar-refractivity contribution < 1.29 is 14.7 Å². The van der Waals surface area contributed by atoms with Gasteiger partial charge in [0.1, 0.15) is 5.69 Å². The Labute approximate surface area is 171 Å². The lowest BCUT2D eigenvalue weighted by Crippen LogP contribution is -2.47. The van der Waals surface area contributed by atoms with Gasteiger partial charge in [0, 0.05) is 18.4 Å². The lowest BCUT2D eigenvalue weighted by Gasteiger charge is -2.44. The van der Waals surface area contributed by atoms with Gasteiger partial charge < -0.3 is 10.0 Å². The average molecular weight is 396 g/mol. The predicted octanol–water partition coefficient (Wildman–Crippen LogP) is 4.14. The SMILES string of the molecule is O=C(C[C@H]1CN2CCC1CC2)c1n[nH]c2ccc(C3=CCCCC3)cc12.O=CO. The van der Waals surface area contributed by atoms with Crippen LogP contribution in [0.15, 0.2) is 24.3 Å². The van der Waals surface area contributed by atoms with Crippen molar-refractivity contribution >= 4 is 28.7 Å². The maximum Gasteiger partial charge on any atom is 0.290 e. The first-order valence-electron chi connectivity index (χ1n) is 10.7. The third kappa shape index (κ3) is 4.27. The first kappa shape index (κ1) is 19.8. The number of hydrogen-bond donors (Lipinski definition) is 2. The van der Waals surface area contributed by atoms with Crippen molar-refractivity contribution in [3.8, 4) is 0 Å². The highest BCUT2D eigenvalue weighted by molar-refractivity contribution is 6.06. The highest BCUT2D eigenvalue weighted by Crippen LogP contribution is 2.35. The van der Waals surface area contributed by atoms with Crippen molar-refractivity contribution in [3.05, 3.63) is 35.5 Å². The zero-order valence-electron chi connectivity index (χ0n) is 16.8. The van der Waals surface area contributed by atoms with E-state index in [2.05, 4.69) is 39.4 Å². The van der Waals surface area contributed by atoms with Gasteiger partial charge in [0.15, 0.2) is 5.78 Å². The largest absolute Gasteiger partial charge is 0.483 e. The molecule has 0 saturated carbocycles. The van der Waals surface area contributed by atoms with Crippen molar-refractivity contribution in [3.63, 3.8) is 0 Å². The van der Waals surface area contributed by atoms with Crippen LogP contribution in [-0.2, 0) is 4.79 Å². The molecule has 3 fully saturated rings. The van der Waals surface area contributed by atoms with Crippen LogP contribution in [0, 0.1) is 11.8 Å². The zero-order valence-corrected chi connectivity index (χ0v) is 16.8. The van der Waals surface area contributed by atoms with Gasteiger partial charge in [0.05, 0.1) is 5.52 Å². The number of carbonyl (C=O) groups is 2. The number of carboxylic acid groups (broad SMARTS) is 1. The van der Waals surface area contributed by atoms with Gasteiger partial charge in [-0.3, -0.25) is 14.7 Å². The smallest absolute Gasteiger partial charge is 0.290 e. The number of piperidine rings is 3. The number of hydrogen-bond acceptors (Lipinski definition) is 4. The second kappa shape index (κ2) is 8.91. The maximum absolute atomic E-state index is 13.0. The molecule has 0 radical (unpaired) electrons. The molecular weight excluding hydrogens is 366 g/mol. The maximum atomic E-state index is 13.0. The lowest BCUT2D eigenvalue weighted by atomic mass is 9.76. The average Bonchev–Trinajstić information content (AvgIpc) is 3.19. The zero-order chi connectivity index (χ0) is 20.2. The summed E-state index contributed by atoms with van der Waals surface area (Å²) in [6.07, 6.45) is 10.4. The summed E-state index contributed by atoms with van der Waals surface area (Å²) in [6, 6.07) is 6.43. The van der Waals surface area contributed by atoms with Gasteiger partial charge in [-0.1, -0.05) is 12.1 Å². The Bertz CT molecular complexity index is 909. The van der Waals surface area contributed by atoms with Crippen LogP contribution < -0.4 is 0 Å². The minimum Gasteiger partial charge on any atom is -0.483 e. The fourth-order valence-electron chi connectivity index (χ4n) is 5.18. The Balaban J connectivity index is 0.000000645. The summed E-state index contributed by atoms with van der Waals surface area (Å²) in [5.74, 6) is 1.46. The highest BCUT2D eigenvalue weighted by Gasteiger charge is 2.35. The summed E-state index contributed by atoms with van der Waals surface area (Å²) >= 11 is 0. The predicted molar refractivity (Wildman–Crippen MR) is 113 cm³/mol. The molecule has 0 unspecified atom stereocenters. The second-order valence-electron chi connectivity index (χ2n) is 8.44. The van der Waals surface area contributed by atoms with E-state index in [4.69, 9.17) is 9.90 Å². The van der Waals surface area contributed by atoms with E-state index < -0.39 is 0 Å². The fourth-order valence-corrected chi connectivity index (χ4v) is 5.18. The van der Waals surface area contributed by atoms with Gasteiger partial charge in [-0.2, -0.15) is 5.10 Å². The monoisotopic (exact) mass is 395 g/mol. The molecule has 4 aliphatic rings. The number of Topliss-reactive ketones (excluding diaryl/α,β-unsaturated/α-hetero) is 1. The van der Waals surface area contributed by atoms with Crippen molar-refractivity contribution in [2.24, 2.45) is 11.8 Å². The van der Waals surface area contributed by atoms with Gasteiger partial charge in [-0.05, 0) is 86.7 Å². The van der Waals surface area contributed by atoms with Crippen molar-refractivity contribution in [2.75, 3.05) is 19.6 Å². The number of carbonyl (C=O) groups excluding carboxylic acids is 1.